The predicted molar refractivity (Wildman–Crippen MR) is 56.8 cm³/mol. The summed E-state index contributed by atoms with van der Waals surface area (Å²) in [6, 6.07) is 0. The molecule has 1 heterocycles. The third-order valence-corrected chi connectivity index (χ3v) is 3.65. The molecule has 0 radical (unpaired) electrons. The number of ether oxygens (including phenoxy) is 1. The van der Waals surface area contributed by atoms with E-state index < -0.39 is 10.8 Å². The number of nitrogens with zero attached hydrogens (tertiary/aromatic N) is 1. The SMILES string of the molecule is O=S(CCCO)CCN1CCOCC1. The van der Waals surface area contributed by atoms with Gasteiger partial charge >= 0.3 is 0 Å². The maximum absolute atomic E-state index is 11.4. The van der Waals surface area contributed by atoms with Gasteiger partial charge in [0.05, 0.1) is 13.2 Å². The molecule has 1 aliphatic rings. The Labute approximate surface area is 87.7 Å². The fourth-order valence-electron chi connectivity index (χ4n) is 1.38. The molecule has 0 saturated carbocycles. The fourth-order valence-corrected chi connectivity index (χ4v) is 2.50. The lowest BCUT2D eigenvalue weighted by Crippen LogP contribution is -2.38. The van der Waals surface area contributed by atoms with Gasteiger partial charge in [-0.15, -0.1) is 0 Å². The Hall–Kier alpha value is 0.0300. The van der Waals surface area contributed by atoms with Crippen molar-refractivity contribution in [3.8, 4) is 0 Å². The van der Waals surface area contributed by atoms with Crippen molar-refractivity contribution in [1.82, 2.24) is 4.90 Å². The third kappa shape index (κ3) is 5.05. The largest absolute Gasteiger partial charge is 0.396 e. The van der Waals surface area contributed by atoms with E-state index in [0.717, 1.165) is 38.6 Å². The summed E-state index contributed by atoms with van der Waals surface area (Å²) in [5.41, 5.74) is 0. The summed E-state index contributed by atoms with van der Waals surface area (Å²) in [5, 5.41) is 8.57. The number of morpholine rings is 1. The Kier molecular flexibility index (Phi) is 6.34. The summed E-state index contributed by atoms with van der Waals surface area (Å²) < 4.78 is 16.6. The van der Waals surface area contributed by atoms with Crippen molar-refractivity contribution in [2.24, 2.45) is 0 Å². The lowest BCUT2D eigenvalue weighted by molar-refractivity contribution is 0.0409. The van der Waals surface area contributed by atoms with E-state index in [1.54, 1.807) is 0 Å². The number of aliphatic hydroxyl groups is 1. The van der Waals surface area contributed by atoms with E-state index in [0.29, 0.717) is 12.2 Å². The topological polar surface area (TPSA) is 49.8 Å². The second-order valence-corrected chi connectivity index (χ2v) is 5.08. The van der Waals surface area contributed by atoms with Crippen molar-refractivity contribution >= 4 is 10.8 Å². The molecule has 0 spiro atoms. The highest BCUT2D eigenvalue weighted by molar-refractivity contribution is 7.84. The van der Waals surface area contributed by atoms with Crippen LogP contribution in [-0.2, 0) is 15.5 Å². The maximum Gasteiger partial charge on any atom is 0.0594 e. The van der Waals surface area contributed by atoms with Crippen LogP contribution >= 0.6 is 0 Å². The first-order valence-corrected chi connectivity index (χ1v) is 6.57. The summed E-state index contributed by atoms with van der Waals surface area (Å²) in [6.07, 6.45) is 0.649. The molecule has 1 saturated heterocycles. The van der Waals surface area contributed by atoms with E-state index in [9.17, 15) is 4.21 Å². The minimum Gasteiger partial charge on any atom is -0.396 e. The molecule has 1 aliphatic heterocycles. The van der Waals surface area contributed by atoms with Crippen LogP contribution in [0.3, 0.4) is 0 Å². The number of hydrogen-bond donors (Lipinski definition) is 1. The highest BCUT2D eigenvalue weighted by Gasteiger charge is 2.10. The van der Waals surface area contributed by atoms with Gasteiger partial charge in [-0.1, -0.05) is 0 Å². The standard InChI is InChI=1S/C9H19NO3S/c11-5-1-8-14(12)9-4-10-2-6-13-7-3-10/h11H,1-9H2. The zero-order valence-corrected chi connectivity index (χ0v) is 9.30. The maximum atomic E-state index is 11.4. The summed E-state index contributed by atoms with van der Waals surface area (Å²) in [4.78, 5) is 2.28. The van der Waals surface area contributed by atoms with Crippen LogP contribution in [0.5, 0.6) is 0 Å². The normalized spacial score (nSPS) is 20.9. The van der Waals surface area contributed by atoms with Crippen molar-refractivity contribution in [3.63, 3.8) is 0 Å². The molecule has 14 heavy (non-hydrogen) atoms. The van der Waals surface area contributed by atoms with Crippen LogP contribution in [-0.4, -0.2) is 65.2 Å². The molecule has 4 nitrogen and oxygen atoms in total. The molecule has 84 valence electrons. The molecule has 0 aliphatic carbocycles. The van der Waals surface area contributed by atoms with Gasteiger partial charge in [0, 0.05) is 48.5 Å². The monoisotopic (exact) mass is 221 g/mol. The van der Waals surface area contributed by atoms with Crippen LogP contribution in [0.2, 0.25) is 0 Å². The Morgan fingerprint density at radius 2 is 2.00 bits per heavy atom. The third-order valence-electron chi connectivity index (χ3n) is 2.27. The second-order valence-electron chi connectivity index (χ2n) is 3.38. The highest BCUT2D eigenvalue weighted by Crippen LogP contribution is 1.97. The van der Waals surface area contributed by atoms with Crippen molar-refractivity contribution in [2.75, 3.05) is 51.0 Å². The predicted octanol–water partition coefficient (Wildman–Crippen LogP) is -0.550. The molecule has 1 unspecified atom stereocenters. The molecular weight excluding hydrogens is 202 g/mol. The molecule has 1 fully saturated rings. The van der Waals surface area contributed by atoms with Crippen LogP contribution in [0, 0.1) is 0 Å². The van der Waals surface area contributed by atoms with Gasteiger partial charge < -0.3 is 9.84 Å². The van der Waals surface area contributed by atoms with Gasteiger partial charge in [-0.2, -0.15) is 0 Å². The van der Waals surface area contributed by atoms with Gasteiger partial charge in [-0.25, -0.2) is 0 Å². The molecule has 1 N–H and O–H groups in total. The van der Waals surface area contributed by atoms with E-state index in [4.69, 9.17) is 9.84 Å². The molecular formula is C9H19NO3S. The van der Waals surface area contributed by atoms with Gasteiger partial charge in [0.2, 0.25) is 0 Å². The Morgan fingerprint density at radius 3 is 2.64 bits per heavy atom. The van der Waals surface area contributed by atoms with Crippen molar-refractivity contribution in [2.45, 2.75) is 6.42 Å². The zero-order chi connectivity index (χ0) is 10.2. The van der Waals surface area contributed by atoms with Crippen LogP contribution in [0.4, 0.5) is 0 Å². The molecule has 1 atom stereocenters. The van der Waals surface area contributed by atoms with Crippen molar-refractivity contribution < 1.29 is 14.1 Å². The Bertz CT molecular complexity index is 171. The van der Waals surface area contributed by atoms with E-state index >= 15 is 0 Å². The van der Waals surface area contributed by atoms with Gasteiger partial charge in [0.15, 0.2) is 0 Å². The number of hydrogen-bond acceptors (Lipinski definition) is 4. The summed E-state index contributed by atoms with van der Waals surface area (Å²) in [7, 11) is -0.764. The first-order valence-electron chi connectivity index (χ1n) is 5.09. The Balaban J connectivity index is 2.03. The van der Waals surface area contributed by atoms with Gasteiger partial charge in [0.25, 0.3) is 0 Å². The first kappa shape index (κ1) is 12.1. The van der Waals surface area contributed by atoms with Crippen LogP contribution in [0.1, 0.15) is 6.42 Å². The van der Waals surface area contributed by atoms with E-state index in [1.165, 1.54) is 0 Å². The van der Waals surface area contributed by atoms with E-state index in [2.05, 4.69) is 4.90 Å². The lowest BCUT2D eigenvalue weighted by Gasteiger charge is -2.26. The molecule has 0 aromatic carbocycles. The number of aliphatic hydroxyl groups excluding tert-OH is 1. The molecule has 0 aromatic heterocycles. The van der Waals surface area contributed by atoms with Crippen molar-refractivity contribution in [3.05, 3.63) is 0 Å². The number of rotatable bonds is 6. The van der Waals surface area contributed by atoms with Crippen LogP contribution in [0.25, 0.3) is 0 Å². The molecule has 0 bridgehead atoms. The molecule has 0 amide bonds. The minimum absolute atomic E-state index is 0.142. The van der Waals surface area contributed by atoms with Crippen LogP contribution in [0.15, 0.2) is 0 Å². The average molecular weight is 221 g/mol. The quantitative estimate of drug-likeness (QED) is 0.654. The summed E-state index contributed by atoms with van der Waals surface area (Å²) in [6.45, 7) is 4.53. The van der Waals surface area contributed by atoms with Crippen LogP contribution < -0.4 is 0 Å². The lowest BCUT2D eigenvalue weighted by atomic mass is 10.4. The summed E-state index contributed by atoms with van der Waals surface area (Å²) >= 11 is 0. The zero-order valence-electron chi connectivity index (χ0n) is 8.48. The van der Waals surface area contributed by atoms with Crippen molar-refractivity contribution in [1.29, 1.82) is 0 Å². The van der Waals surface area contributed by atoms with E-state index in [1.807, 2.05) is 0 Å². The molecule has 0 aromatic rings. The van der Waals surface area contributed by atoms with Gasteiger partial charge in [0.1, 0.15) is 0 Å². The minimum atomic E-state index is -0.764. The highest BCUT2D eigenvalue weighted by atomic mass is 32.2. The summed E-state index contributed by atoms with van der Waals surface area (Å²) in [5.74, 6) is 1.35. The Morgan fingerprint density at radius 1 is 1.29 bits per heavy atom. The average Bonchev–Trinajstić information content (AvgIpc) is 2.25. The second kappa shape index (κ2) is 7.34. The fraction of sp³-hybridized carbons (Fsp3) is 1.00. The smallest absolute Gasteiger partial charge is 0.0594 e. The van der Waals surface area contributed by atoms with E-state index in [-0.39, 0.29) is 6.61 Å². The molecule has 1 rings (SSSR count). The van der Waals surface area contributed by atoms with Gasteiger partial charge in [-0.3, -0.25) is 9.11 Å². The van der Waals surface area contributed by atoms with Gasteiger partial charge in [-0.05, 0) is 6.42 Å². The first-order chi connectivity index (χ1) is 6.83. The molecule has 5 heteroatoms.